The van der Waals surface area contributed by atoms with Gasteiger partial charge in [-0.25, -0.2) is 9.78 Å². The monoisotopic (exact) mass is 350 g/mol. The summed E-state index contributed by atoms with van der Waals surface area (Å²) in [5.41, 5.74) is 7.33. The summed E-state index contributed by atoms with van der Waals surface area (Å²) in [5, 5.41) is 0. The van der Waals surface area contributed by atoms with Crippen LogP contribution < -0.4 is 10.5 Å². The third-order valence-electron chi connectivity index (χ3n) is 2.74. The molecule has 1 aromatic heterocycles. The minimum absolute atomic E-state index is 0.188. The average Bonchev–Trinajstić information content (AvgIpc) is 2.48. The maximum Gasteiger partial charge on any atom is 0.340 e. The van der Waals surface area contributed by atoms with Crippen LogP contribution in [0, 0.1) is 0 Å². The van der Waals surface area contributed by atoms with E-state index in [0.717, 1.165) is 10.0 Å². The van der Waals surface area contributed by atoms with Gasteiger partial charge < -0.3 is 15.2 Å². The van der Waals surface area contributed by atoms with Crippen molar-refractivity contribution in [2.45, 2.75) is 13.5 Å². The number of rotatable bonds is 5. The highest BCUT2D eigenvalue weighted by Gasteiger charge is 2.15. The largest absolute Gasteiger partial charge is 0.471 e. The standard InChI is InChI=1S/C15H15BrN2O3/c1-2-20-15(19)12-7-8-18-14(13(12)17)21-9-10-3-5-11(16)6-4-10/h3-8H,2,9,17H2,1H3. The molecule has 21 heavy (non-hydrogen) atoms. The number of ether oxygens (including phenoxy) is 2. The van der Waals surface area contributed by atoms with Crippen molar-refractivity contribution >= 4 is 27.6 Å². The number of nitrogen functional groups attached to an aromatic ring is 1. The normalized spacial score (nSPS) is 10.2. The number of esters is 1. The van der Waals surface area contributed by atoms with Crippen LogP contribution in [0.5, 0.6) is 5.88 Å². The lowest BCUT2D eigenvalue weighted by Gasteiger charge is -2.10. The van der Waals surface area contributed by atoms with E-state index in [1.807, 2.05) is 24.3 Å². The van der Waals surface area contributed by atoms with Gasteiger partial charge in [0.25, 0.3) is 0 Å². The molecule has 0 bridgehead atoms. The third kappa shape index (κ3) is 3.95. The lowest BCUT2D eigenvalue weighted by molar-refractivity contribution is 0.0527. The summed E-state index contributed by atoms with van der Waals surface area (Å²) in [6.45, 7) is 2.34. The van der Waals surface area contributed by atoms with Crippen molar-refractivity contribution < 1.29 is 14.3 Å². The number of carbonyl (C=O) groups excluding carboxylic acids is 1. The first-order valence-electron chi connectivity index (χ1n) is 6.40. The topological polar surface area (TPSA) is 74.4 Å². The number of halogens is 1. The summed E-state index contributed by atoms with van der Waals surface area (Å²) in [4.78, 5) is 15.8. The summed E-state index contributed by atoms with van der Waals surface area (Å²) in [5.74, 6) is -0.255. The number of aromatic nitrogens is 1. The molecule has 110 valence electrons. The molecule has 1 aromatic carbocycles. The highest BCUT2D eigenvalue weighted by atomic mass is 79.9. The molecule has 6 heteroatoms. The van der Waals surface area contributed by atoms with Gasteiger partial charge in [0.15, 0.2) is 0 Å². The van der Waals surface area contributed by atoms with E-state index in [2.05, 4.69) is 20.9 Å². The first kappa shape index (κ1) is 15.3. The van der Waals surface area contributed by atoms with Gasteiger partial charge in [-0.1, -0.05) is 28.1 Å². The van der Waals surface area contributed by atoms with E-state index in [1.165, 1.54) is 12.3 Å². The maximum absolute atomic E-state index is 11.7. The molecular formula is C15H15BrN2O3. The number of nitrogens with zero attached hydrogens (tertiary/aromatic N) is 1. The predicted octanol–water partition coefficient (Wildman–Crippen LogP) is 3.18. The van der Waals surface area contributed by atoms with Gasteiger partial charge in [0.05, 0.1) is 12.2 Å². The van der Waals surface area contributed by atoms with Crippen LogP contribution in [0.25, 0.3) is 0 Å². The molecule has 0 atom stereocenters. The second-order valence-corrected chi connectivity index (χ2v) is 5.13. The second-order valence-electron chi connectivity index (χ2n) is 4.21. The zero-order valence-electron chi connectivity index (χ0n) is 11.5. The zero-order valence-corrected chi connectivity index (χ0v) is 13.1. The molecule has 0 aliphatic carbocycles. The Bertz CT molecular complexity index is 629. The Kier molecular flexibility index (Phi) is 5.16. The molecule has 0 aliphatic heterocycles. The summed E-state index contributed by atoms with van der Waals surface area (Å²) < 4.78 is 11.5. The molecular weight excluding hydrogens is 336 g/mol. The van der Waals surface area contributed by atoms with Crippen LogP contribution in [-0.4, -0.2) is 17.6 Å². The van der Waals surface area contributed by atoms with Gasteiger partial charge in [0.2, 0.25) is 5.88 Å². The maximum atomic E-state index is 11.7. The van der Waals surface area contributed by atoms with Gasteiger partial charge in [-0.05, 0) is 30.7 Å². The van der Waals surface area contributed by atoms with Crippen molar-refractivity contribution in [2.24, 2.45) is 0 Å². The number of hydrogen-bond acceptors (Lipinski definition) is 5. The smallest absolute Gasteiger partial charge is 0.340 e. The summed E-state index contributed by atoms with van der Waals surface area (Å²) in [6, 6.07) is 9.21. The number of pyridine rings is 1. The van der Waals surface area contributed by atoms with Crippen LogP contribution in [0.3, 0.4) is 0 Å². The minimum atomic E-state index is -0.481. The van der Waals surface area contributed by atoms with Crippen LogP contribution in [0.1, 0.15) is 22.8 Å². The molecule has 0 unspecified atom stereocenters. The molecule has 0 saturated heterocycles. The molecule has 0 spiro atoms. The Labute approximate surface area is 131 Å². The fraction of sp³-hybridized carbons (Fsp3) is 0.200. The highest BCUT2D eigenvalue weighted by Crippen LogP contribution is 2.24. The van der Waals surface area contributed by atoms with Crippen LogP contribution in [-0.2, 0) is 11.3 Å². The van der Waals surface area contributed by atoms with Gasteiger partial charge in [-0.15, -0.1) is 0 Å². The number of carbonyl (C=O) groups is 1. The van der Waals surface area contributed by atoms with Crippen LogP contribution in [0.15, 0.2) is 41.0 Å². The Morgan fingerprint density at radius 2 is 2.00 bits per heavy atom. The van der Waals surface area contributed by atoms with E-state index in [9.17, 15) is 4.79 Å². The van der Waals surface area contributed by atoms with E-state index >= 15 is 0 Å². The van der Waals surface area contributed by atoms with Gasteiger partial charge in [0.1, 0.15) is 12.3 Å². The summed E-state index contributed by atoms with van der Waals surface area (Å²) >= 11 is 3.37. The molecule has 2 N–H and O–H groups in total. The number of benzene rings is 1. The lowest BCUT2D eigenvalue weighted by atomic mass is 10.2. The van der Waals surface area contributed by atoms with Gasteiger partial charge in [0, 0.05) is 10.7 Å². The van der Waals surface area contributed by atoms with Crippen molar-refractivity contribution in [1.82, 2.24) is 4.98 Å². The molecule has 0 amide bonds. The lowest BCUT2D eigenvalue weighted by Crippen LogP contribution is -2.10. The van der Waals surface area contributed by atoms with Crippen molar-refractivity contribution in [3.8, 4) is 5.88 Å². The number of anilines is 1. The second kappa shape index (κ2) is 7.08. The molecule has 2 aromatic rings. The molecule has 5 nitrogen and oxygen atoms in total. The number of nitrogens with two attached hydrogens (primary N) is 1. The Hall–Kier alpha value is -2.08. The van der Waals surface area contributed by atoms with Gasteiger partial charge >= 0.3 is 5.97 Å². The van der Waals surface area contributed by atoms with E-state index < -0.39 is 5.97 Å². The van der Waals surface area contributed by atoms with Crippen molar-refractivity contribution in [2.75, 3.05) is 12.3 Å². The van der Waals surface area contributed by atoms with Crippen LogP contribution >= 0.6 is 15.9 Å². The quantitative estimate of drug-likeness (QED) is 0.838. The van der Waals surface area contributed by atoms with Gasteiger partial charge in [-0.3, -0.25) is 0 Å². The third-order valence-corrected chi connectivity index (χ3v) is 3.27. The van der Waals surface area contributed by atoms with Gasteiger partial charge in [-0.2, -0.15) is 0 Å². The Morgan fingerprint density at radius 1 is 1.29 bits per heavy atom. The fourth-order valence-electron chi connectivity index (χ4n) is 1.69. The SMILES string of the molecule is CCOC(=O)c1ccnc(OCc2ccc(Br)cc2)c1N. The molecule has 0 fully saturated rings. The first-order chi connectivity index (χ1) is 10.1. The fourth-order valence-corrected chi connectivity index (χ4v) is 1.95. The summed E-state index contributed by atoms with van der Waals surface area (Å²) in [7, 11) is 0. The molecule has 0 saturated carbocycles. The highest BCUT2D eigenvalue weighted by molar-refractivity contribution is 9.10. The molecule has 0 aliphatic rings. The van der Waals surface area contributed by atoms with E-state index in [0.29, 0.717) is 6.61 Å². The van der Waals surface area contributed by atoms with Crippen LogP contribution in [0.2, 0.25) is 0 Å². The van der Waals surface area contributed by atoms with Crippen LogP contribution in [0.4, 0.5) is 5.69 Å². The average molecular weight is 351 g/mol. The molecule has 0 radical (unpaired) electrons. The van der Waals surface area contributed by atoms with Crippen molar-refractivity contribution in [3.05, 3.63) is 52.1 Å². The molecule has 1 heterocycles. The molecule has 2 rings (SSSR count). The summed E-state index contributed by atoms with van der Waals surface area (Å²) in [6.07, 6.45) is 1.47. The van der Waals surface area contributed by atoms with Crippen molar-refractivity contribution in [3.63, 3.8) is 0 Å². The Balaban J connectivity index is 2.11. The van der Waals surface area contributed by atoms with E-state index in [-0.39, 0.29) is 23.7 Å². The predicted molar refractivity (Wildman–Crippen MR) is 83.1 cm³/mol. The Morgan fingerprint density at radius 3 is 2.67 bits per heavy atom. The number of hydrogen-bond donors (Lipinski definition) is 1. The van der Waals surface area contributed by atoms with E-state index in [4.69, 9.17) is 15.2 Å². The first-order valence-corrected chi connectivity index (χ1v) is 7.20. The minimum Gasteiger partial charge on any atom is -0.471 e. The van der Waals surface area contributed by atoms with E-state index in [1.54, 1.807) is 6.92 Å². The zero-order chi connectivity index (χ0) is 15.2. The van der Waals surface area contributed by atoms with Crippen molar-refractivity contribution in [1.29, 1.82) is 0 Å².